The molecule has 2 aromatic rings. The molecule has 0 aromatic carbocycles. The van der Waals surface area contributed by atoms with Gasteiger partial charge in [0.05, 0.1) is 12.2 Å². The van der Waals surface area contributed by atoms with Gasteiger partial charge in [-0.1, -0.05) is 0 Å². The summed E-state index contributed by atoms with van der Waals surface area (Å²) in [5.74, 6) is -1.52. The minimum absolute atomic E-state index is 0.159. The summed E-state index contributed by atoms with van der Waals surface area (Å²) in [6.45, 7) is 0.320. The van der Waals surface area contributed by atoms with Crippen molar-refractivity contribution in [1.29, 1.82) is 0 Å². The van der Waals surface area contributed by atoms with Crippen molar-refractivity contribution in [1.82, 2.24) is 20.1 Å². The van der Waals surface area contributed by atoms with Gasteiger partial charge in [-0.25, -0.2) is 9.78 Å². The molecule has 1 amide bonds. The molecule has 0 saturated heterocycles. The molecule has 0 spiro atoms. The largest absolute Gasteiger partial charge is 0.477 e. The van der Waals surface area contributed by atoms with Crippen LogP contribution < -0.4 is 5.32 Å². The molecule has 2 aromatic heterocycles. The zero-order valence-electron chi connectivity index (χ0n) is 10.2. The number of hydrogen-bond donors (Lipinski definition) is 2. The van der Waals surface area contributed by atoms with E-state index in [2.05, 4.69) is 15.4 Å². The first-order chi connectivity index (χ1) is 9.08. The van der Waals surface area contributed by atoms with Gasteiger partial charge in [0.1, 0.15) is 5.69 Å². The number of carbonyl (C=O) groups excluding carboxylic acids is 1. The molecule has 0 atom stereocenters. The van der Waals surface area contributed by atoms with Gasteiger partial charge in [0.2, 0.25) is 0 Å². The van der Waals surface area contributed by atoms with Gasteiger partial charge in [0.25, 0.3) is 5.91 Å². The Morgan fingerprint density at radius 2 is 2.16 bits per heavy atom. The lowest BCUT2D eigenvalue weighted by atomic mass is 10.2. The monoisotopic (exact) mass is 260 g/mol. The number of aryl methyl sites for hydroxylation is 1. The molecule has 2 N–H and O–H groups in total. The van der Waals surface area contributed by atoms with Crippen LogP contribution in [-0.4, -0.2) is 31.7 Å². The molecule has 0 aliphatic heterocycles. The summed E-state index contributed by atoms with van der Waals surface area (Å²) in [5, 5.41) is 15.5. The maximum atomic E-state index is 11.9. The third-order valence-electron chi connectivity index (χ3n) is 2.59. The van der Waals surface area contributed by atoms with E-state index in [0.29, 0.717) is 6.54 Å². The molecule has 0 aliphatic carbocycles. The number of aromatic nitrogens is 3. The lowest BCUT2D eigenvalue weighted by Crippen LogP contribution is -2.24. The average molecular weight is 260 g/mol. The standard InChI is InChI=1S/C12H12N4O3/c1-16-9(3-5-15-16)7-14-11(17)8-2-4-13-10(6-8)12(18)19/h2-6H,7H2,1H3,(H,14,17)(H,18,19). The number of amides is 1. The summed E-state index contributed by atoms with van der Waals surface area (Å²) in [5.41, 5.74) is 0.948. The predicted molar refractivity (Wildman–Crippen MR) is 65.6 cm³/mol. The van der Waals surface area contributed by atoms with E-state index in [-0.39, 0.29) is 17.2 Å². The van der Waals surface area contributed by atoms with Crippen LogP contribution in [0.4, 0.5) is 0 Å². The summed E-state index contributed by atoms with van der Waals surface area (Å²) < 4.78 is 1.65. The van der Waals surface area contributed by atoms with Gasteiger partial charge in [-0.2, -0.15) is 5.10 Å². The van der Waals surface area contributed by atoms with E-state index in [9.17, 15) is 9.59 Å². The number of carboxylic acids is 1. The van der Waals surface area contributed by atoms with Gasteiger partial charge in [-0.05, 0) is 18.2 Å². The minimum Gasteiger partial charge on any atom is -0.477 e. The third-order valence-corrected chi connectivity index (χ3v) is 2.59. The Labute approximate surface area is 108 Å². The molecule has 0 aliphatic rings. The smallest absolute Gasteiger partial charge is 0.354 e. The highest BCUT2D eigenvalue weighted by molar-refractivity contribution is 5.96. The fourth-order valence-corrected chi connectivity index (χ4v) is 1.54. The Hall–Kier alpha value is -2.70. The van der Waals surface area contributed by atoms with Crippen molar-refractivity contribution >= 4 is 11.9 Å². The van der Waals surface area contributed by atoms with E-state index in [1.54, 1.807) is 24.0 Å². The second kappa shape index (κ2) is 5.30. The Morgan fingerprint density at radius 1 is 1.37 bits per heavy atom. The SMILES string of the molecule is Cn1nccc1CNC(=O)c1ccnc(C(=O)O)c1. The number of hydrogen-bond acceptors (Lipinski definition) is 4. The van der Waals surface area contributed by atoms with Crippen LogP contribution in [0.15, 0.2) is 30.6 Å². The molecule has 19 heavy (non-hydrogen) atoms. The minimum atomic E-state index is -1.17. The number of carboxylic acid groups (broad SMARTS) is 1. The molecule has 7 heteroatoms. The Balaban J connectivity index is 2.06. The number of nitrogens with zero attached hydrogens (tertiary/aromatic N) is 3. The van der Waals surface area contributed by atoms with Gasteiger partial charge in [-0.3, -0.25) is 9.48 Å². The number of pyridine rings is 1. The van der Waals surface area contributed by atoms with Crippen molar-refractivity contribution in [3.05, 3.63) is 47.5 Å². The summed E-state index contributed by atoms with van der Waals surface area (Å²) >= 11 is 0. The first-order valence-corrected chi connectivity index (χ1v) is 5.52. The fraction of sp³-hybridized carbons (Fsp3) is 0.167. The van der Waals surface area contributed by atoms with Crippen LogP contribution in [0.25, 0.3) is 0 Å². The molecule has 7 nitrogen and oxygen atoms in total. The summed E-state index contributed by atoms with van der Waals surface area (Å²) in [4.78, 5) is 26.3. The average Bonchev–Trinajstić information content (AvgIpc) is 2.81. The van der Waals surface area contributed by atoms with Crippen LogP contribution in [0.5, 0.6) is 0 Å². The highest BCUT2D eigenvalue weighted by Crippen LogP contribution is 2.03. The summed E-state index contributed by atoms with van der Waals surface area (Å²) in [6.07, 6.45) is 2.93. The van der Waals surface area contributed by atoms with Gasteiger partial charge in [-0.15, -0.1) is 0 Å². The Morgan fingerprint density at radius 3 is 2.79 bits per heavy atom. The zero-order chi connectivity index (χ0) is 13.8. The van der Waals surface area contributed by atoms with Gasteiger partial charge in [0, 0.05) is 25.0 Å². The van der Waals surface area contributed by atoms with Crippen molar-refractivity contribution < 1.29 is 14.7 Å². The molecule has 2 heterocycles. The number of carbonyl (C=O) groups is 2. The molecule has 0 saturated carbocycles. The van der Waals surface area contributed by atoms with Gasteiger partial charge < -0.3 is 10.4 Å². The van der Waals surface area contributed by atoms with Crippen LogP contribution in [0.1, 0.15) is 26.5 Å². The van der Waals surface area contributed by atoms with Crippen LogP contribution in [0.3, 0.4) is 0 Å². The van der Waals surface area contributed by atoms with Crippen LogP contribution in [0.2, 0.25) is 0 Å². The predicted octanol–water partition coefficient (Wildman–Crippen LogP) is 0.443. The second-order valence-corrected chi connectivity index (χ2v) is 3.86. The molecule has 0 radical (unpaired) electrons. The highest BCUT2D eigenvalue weighted by Gasteiger charge is 2.10. The lowest BCUT2D eigenvalue weighted by Gasteiger charge is -2.05. The first-order valence-electron chi connectivity index (χ1n) is 5.52. The van der Waals surface area contributed by atoms with Crippen LogP contribution in [-0.2, 0) is 13.6 Å². The third kappa shape index (κ3) is 2.95. The molecule has 0 unspecified atom stereocenters. The van der Waals surface area contributed by atoms with Crippen molar-refractivity contribution in [2.75, 3.05) is 0 Å². The molecular weight excluding hydrogens is 248 g/mol. The highest BCUT2D eigenvalue weighted by atomic mass is 16.4. The first kappa shape index (κ1) is 12.7. The van der Waals surface area contributed by atoms with E-state index < -0.39 is 5.97 Å². The number of rotatable bonds is 4. The van der Waals surface area contributed by atoms with Crippen molar-refractivity contribution in [3.63, 3.8) is 0 Å². The zero-order valence-corrected chi connectivity index (χ0v) is 10.2. The lowest BCUT2D eigenvalue weighted by molar-refractivity contribution is 0.0690. The summed E-state index contributed by atoms with van der Waals surface area (Å²) in [6, 6.07) is 4.49. The van der Waals surface area contributed by atoms with E-state index in [1.165, 1.54) is 18.3 Å². The van der Waals surface area contributed by atoms with Crippen molar-refractivity contribution in [3.8, 4) is 0 Å². The quantitative estimate of drug-likeness (QED) is 0.831. The van der Waals surface area contributed by atoms with Crippen LogP contribution in [0, 0.1) is 0 Å². The number of aromatic carboxylic acids is 1. The van der Waals surface area contributed by atoms with E-state index >= 15 is 0 Å². The Bertz CT molecular complexity index is 621. The molecule has 2 rings (SSSR count). The molecule has 98 valence electrons. The second-order valence-electron chi connectivity index (χ2n) is 3.86. The molecule has 0 bridgehead atoms. The maximum absolute atomic E-state index is 11.9. The van der Waals surface area contributed by atoms with Gasteiger partial charge in [0.15, 0.2) is 0 Å². The van der Waals surface area contributed by atoms with E-state index in [1.807, 2.05) is 0 Å². The van der Waals surface area contributed by atoms with Crippen molar-refractivity contribution in [2.24, 2.45) is 7.05 Å². The van der Waals surface area contributed by atoms with Crippen molar-refractivity contribution in [2.45, 2.75) is 6.54 Å². The Kier molecular flexibility index (Phi) is 3.56. The maximum Gasteiger partial charge on any atom is 0.354 e. The molecule has 0 fully saturated rings. The van der Waals surface area contributed by atoms with E-state index in [4.69, 9.17) is 5.11 Å². The van der Waals surface area contributed by atoms with E-state index in [0.717, 1.165) is 5.69 Å². The topological polar surface area (TPSA) is 97.1 Å². The fourth-order valence-electron chi connectivity index (χ4n) is 1.54. The molecular formula is C12H12N4O3. The van der Waals surface area contributed by atoms with Crippen LogP contribution >= 0.6 is 0 Å². The number of nitrogens with one attached hydrogen (secondary N) is 1. The normalized spacial score (nSPS) is 10.2. The summed E-state index contributed by atoms with van der Waals surface area (Å²) in [7, 11) is 1.77. The van der Waals surface area contributed by atoms with Gasteiger partial charge >= 0.3 is 5.97 Å².